The monoisotopic (exact) mass is 337 g/mol. The Labute approximate surface area is 145 Å². The van der Waals surface area contributed by atoms with Crippen LogP contribution in [0.3, 0.4) is 0 Å². The van der Waals surface area contributed by atoms with E-state index in [0.717, 1.165) is 12.0 Å². The summed E-state index contributed by atoms with van der Waals surface area (Å²) in [5.74, 6) is 1.44. The zero-order valence-electron chi connectivity index (χ0n) is 14.1. The molecule has 3 rings (SSSR count). The highest BCUT2D eigenvalue weighted by atomic mass is 16.5. The highest BCUT2D eigenvalue weighted by Crippen LogP contribution is 2.22. The van der Waals surface area contributed by atoms with E-state index in [-0.39, 0.29) is 11.8 Å². The normalized spacial score (nSPS) is 12.0. The number of hydrogen-bond acceptors (Lipinski definition) is 6. The average molecular weight is 337 g/mol. The van der Waals surface area contributed by atoms with Crippen LogP contribution in [0.2, 0.25) is 0 Å². The lowest BCUT2D eigenvalue weighted by Gasteiger charge is -2.04. The highest BCUT2D eigenvalue weighted by molar-refractivity contribution is 6.09. The Kier molecular flexibility index (Phi) is 4.90. The largest absolute Gasteiger partial charge is 0.497 e. The Morgan fingerprint density at radius 3 is 2.64 bits per heavy atom. The molecule has 0 spiro atoms. The van der Waals surface area contributed by atoms with Crippen LogP contribution in [0.25, 0.3) is 11.5 Å². The maximum Gasteiger partial charge on any atom is 0.257 e. The molecule has 6 heteroatoms. The minimum atomic E-state index is -0.244. The standard InChI is InChI=1S/C19H19N3O3/c1-3-16(20)18-21-19(25-22-18)13-9-7-12(8-10-13)17(23)14-5-4-6-15(11-14)24-2/h4-11,16H,3,20H2,1-2H3. The van der Waals surface area contributed by atoms with Crippen molar-refractivity contribution in [1.29, 1.82) is 0 Å². The SMILES string of the molecule is CCC(N)c1noc(-c2ccc(C(=O)c3cccc(OC)c3)cc2)n1. The van der Waals surface area contributed by atoms with Gasteiger partial charge in [-0.3, -0.25) is 4.79 Å². The van der Waals surface area contributed by atoms with Crippen molar-refractivity contribution in [3.05, 3.63) is 65.5 Å². The number of benzene rings is 2. The van der Waals surface area contributed by atoms with Crippen LogP contribution in [0.4, 0.5) is 0 Å². The molecule has 0 saturated carbocycles. The van der Waals surface area contributed by atoms with Crippen molar-refractivity contribution >= 4 is 5.78 Å². The van der Waals surface area contributed by atoms with Crippen LogP contribution < -0.4 is 10.5 Å². The first-order valence-corrected chi connectivity index (χ1v) is 8.00. The van der Waals surface area contributed by atoms with E-state index in [4.69, 9.17) is 15.0 Å². The predicted octanol–water partition coefficient (Wildman–Crippen LogP) is 3.39. The van der Waals surface area contributed by atoms with Crippen LogP contribution in [0.5, 0.6) is 5.75 Å². The number of ether oxygens (including phenoxy) is 1. The molecule has 2 aromatic carbocycles. The minimum Gasteiger partial charge on any atom is -0.497 e. The molecule has 0 aliphatic heterocycles. The van der Waals surface area contributed by atoms with Crippen molar-refractivity contribution < 1.29 is 14.1 Å². The summed E-state index contributed by atoms with van der Waals surface area (Å²) >= 11 is 0. The number of nitrogens with zero attached hydrogens (tertiary/aromatic N) is 2. The second-order valence-electron chi connectivity index (χ2n) is 5.61. The summed E-state index contributed by atoms with van der Waals surface area (Å²) in [4.78, 5) is 16.9. The van der Waals surface area contributed by atoms with Gasteiger partial charge in [-0.1, -0.05) is 36.3 Å². The molecule has 1 unspecified atom stereocenters. The Bertz CT molecular complexity index is 872. The summed E-state index contributed by atoms with van der Waals surface area (Å²) < 4.78 is 10.4. The van der Waals surface area contributed by atoms with E-state index < -0.39 is 0 Å². The number of rotatable bonds is 6. The number of hydrogen-bond donors (Lipinski definition) is 1. The van der Waals surface area contributed by atoms with Crippen molar-refractivity contribution in [2.24, 2.45) is 5.73 Å². The van der Waals surface area contributed by atoms with Gasteiger partial charge in [-0.2, -0.15) is 4.98 Å². The van der Waals surface area contributed by atoms with E-state index in [1.165, 1.54) is 0 Å². The van der Waals surface area contributed by atoms with E-state index in [1.807, 2.05) is 6.92 Å². The fourth-order valence-corrected chi connectivity index (χ4v) is 2.38. The van der Waals surface area contributed by atoms with Gasteiger partial charge >= 0.3 is 0 Å². The van der Waals surface area contributed by atoms with Gasteiger partial charge in [-0.15, -0.1) is 0 Å². The van der Waals surface area contributed by atoms with Crippen LogP contribution in [0.1, 0.15) is 41.1 Å². The van der Waals surface area contributed by atoms with E-state index in [1.54, 1.807) is 55.6 Å². The maximum atomic E-state index is 12.6. The molecule has 0 fully saturated rings. The fraction of sp³-hybridized carbons (Fsp3) is 0.211. The summed E-state index contributed by atoms with van der Waals surface area (Å²) in [5.41, 5.74) is 7.78. The van der Waals surface area contributed by atoms with Crippen molar-refractivity contribution in [3.63, 3.8) is 0 Å². The van der Waals surface area contributed by atoms with Crippen molar-refractivity contribution in [2.45, 2.75) is 19.4 Å². The summed E-state index contributed by atoms with van der Waals surface area (Å²) in [6.45, 7) is 1.96. The molecule has 0 amide bonds. The molecule has 1 aromatic heterocycles. The first-order chi connectivity index (χ1) is 12.1. The molecule has 25 heavy (non-hydrogen) atoms. The molecule has 6 nitrogen and oxygen atoms in total. The summed E-state index contributed by atoms with van der Waals surface area (Å²) in [6, 6.07) is 13.9. The maximum absolute atomic E-state index is 12.6. The van der Waals surface area contributed by atoms with Crippen molar-refractivity contribution in [1.82, 2.24) is 10.1 Å². The third-order valence-corrected chi connectivity index (χ3v) is 3.94. The zero-order valence-corrected chi connectivity index (χ0v) is 14.1. The molecule has 3 aromatic rings. The molecular weight excluding hydrogens is 318 g/mol. The number of methoxy groups -OCH3 is 1. The molecular formula is C19H19N3O3. The predicted molar refractivity (Wildman–Crippen MR) is 93.4 cm³/mol. The Hall–Kier alpha value is -2.99. The fourth-order valence-electron chi connectivity index (χ4n) is 2.38. The molecule has 1 heterocycles. The molecule has 0 radical (unpaired) electrons. The van der Waals surface area contributed by atoms with Crippen molar-refractivity contribution in [2.75, 3.05) is 7.11 Å². The van der Waals surface area contributed by atoms with Crippen LogP contribution in [-0.4, -0.2) is 23.0 Å². The first-order valence-electron chi connectivity index (χ1n) is 8.00. The Balaban J connectivity index is 1.82. The van der Waals surface area contributed by atoms with Gasteiger partial charge in [0.1, 0.15) is 5.75 Å². The van der Waals surface area contributed by atoms with Gasteiger partial charge in [0, 0.05) is 16.7 Å². The Morgan fingerprint density at radius 1 is 1.20 bits per heavy atom. The molecule has 0 aliphatic carbocycles. The average Bonchev–Trinajstić information content (AvgIpc) is 3.17. The van der Waals surface area contributed by atoms with E-state index in [2.05, 4.69) is 10.1 Å². The topological polar surface area (TPSA) is 91.2 Å². The smallest absolute Gasteiger partial charge is 0.257 e. The van der Waals surface area contributed by atoms with E-state index in [0.29, 0.717) is 28.6 Å². The van der Waals surface area contributed by atoms with Gasteiger partial charge in [0.05, 0.1) is 13.2 Å². The summed E-state index contributed by atoms with van der Waals surface area (Å²) in [6.07, 6.45) is 0.729. The minimum absolute atomic E-state index is 0.0790. The lowest BCUT2D eigenvalue weighted by Crippen LogP contribution is -2.10. The van der Waals surface area contributed by atoms with Crippen LogP contribution >= 0.6 is 0 Å². The van der Waals surface area contributed by atoms with Crippen LogP contribution in [0.15, 0.2) is 53.1 Å². The molecule has 0 bridgehead atoms. The number of aromatic nitrogens is 2. The highest BCUT2D eigenvalue weighted by Gasteiger charge is 2.15. The zero-order chi connectivity index (χ0) is 17.8. The molecule has 0 saturated heterocycles. The lowest BCUT2D eigenvalue weighted by molar-refractivity contribution is 0.103. The molecule has 0 aliphatic rings. The summed E-state index contributed by atoms with van der Waals surface area (Å²) in [7, 11) is 1.57. The van der Waals surface area contributed by atoms with Gasteiger partial charge in [-0.25, -0.2) is 0 Å². The van der Waals surface area contributed by atoms with Crippen LogP contribution in [0, 0.1) is 0 Å². The molecule has 2 N–H and O–H groups in total. The van der Waals surface area contributed by atoms with Gasteiger partial charge in [0.15, 0.2) is 11.6 Å². The third kappa shape index (κ3) is 3.59. The molecule has 128 valence electrons. The third-order valence-electron chi connectivity index (χ3n) is 3.94. The van der Waals surface area contributed by atoms with Gasteiger partial charge < -0.3 is 15.0 Å². The number of carbonyl (C=O) groups is 1. The number of nitrogens with two attached hydrogens (primary N) is 1. The van der Waals surface area contributed by atoms with Gasteiger partial charge in [0.2, 0.25) is 0 Å². The van der Waals surface area contributed by atoms with Gasteiger partial charge in [-0.05, 0) is 30.7 Å². The second-order valence-corrected chi connectivity index (χ2v) is 5.61. The number of carbonyl (C=O) groups excluding carboxylic acids is 1. The first kappa shape index (κ1) is 16.9. The molecule has 1 atom stereocenters. The quantitative estimate of drug-likeness (QED) is 0.693. The second kappa shape index (κ2) is 7.27. The van der Waals surface area contributed by atoms with E-state index in [9.17, 15) is 4.79 Å². The number of ketones is 1. The van der Waals surface area contributed by atoms with Crippen molar-refractivity contribution in [3.8, 4) is 17.2 Å². The lowest BCUT2D eigenvalue weighted by atomic mass is 10.0. The van der Waals surface area contributed by atoms with E-state index >= 15 is 0 Å². The van der Waals surface area contributed by atoms with Gasteiger partial charge in [0.25, 0.3) is 5.89 Å². The van der Waals surface area contributed by atoms with Crippen LogP contribution in [-0.2, 0) is 0 Å². The Morgan fingerprint density at radius 2 is 1.96 bits per heavy atom. The summed E-state index contributed by atoms with van der Waals surface area (Å²) in [5, 5.41) is 3.90.